The molecule has 0 spiro atoms. The monoisotopic (exact) mass is 442 g/mol. The van der Waals surface area contributed by atoms with Gasteiger partial charge in [-0.25, -0.2) is 9.48 Å². The summed E-state index contributed by atoms with van der Waals surface area (Å²) in [4.78, 5) is 16.7. The first-order valence-electron chi connectivity index (χ1n) is 11.6. The molecule has 1 unspecified atom stereocenters. The SMILES string of the molecule is CN=C(NCCCn1nc2n(c1=O)CCCC2)NCc1ccc(C)cc1OC1CCOC1. The van der Waals surface area contributed by atoms with Gasteiger partial charge in [0.2, 0.25) is 0 Å². The van der Waals surface area contributed by atoms with Crippen LogP contribution >= 0.6 is 0 Å². The second kappa shape index (κ2) is 10.7. The molecule has 1 fully saturated rings. The van der Waals surface area contributed by atoms with Gasteiger partial charge < -0.3 is 20.1 Å². The lowest BCUT2D eigenvalue weighted by atomic mass is 10.1. The lowest BCUT2D eigenvalue weighted by Gasteiger charge is -2.18. The van der Waals surface area contributed by atoms with Crippen LogP contribution in [0.25, 0.3) is 0 Å². The lowest BCUT2D eigenvalue weighted by molar-refractivity contribution is 0.140. The van der Waals surface area contributed by atoms with Gasteiger partial charge in [-0.05, 0) is 37.8 Å². The van der Waals surface area contributed by atoms with Crippen LogP contribution in [0.2, 0.25) is 0 Å². The van der Waals surface area contributed by atoms with Crippen molar-refractivity contribution < 1.29 is 9.47 Å². The molecule has 4 rings (SSSR count). The fraction of sp³-hybridized carbons (Fsp3) is 0.609. The van der Waals surface area contributed by atoms with E-state index >= 15 is 0 Å². The van der Waals surface area contributed by atoms with Crippen LogP contribution in [0.1, 0.15) is 42.6 Å². The van der Waals surface area contributed by atoms with E-state index in [4.69, 9.17) is 9.47 Å². The number of rotatable bonds is 8. The van der Waals surface area contributed by atoms with Crippen molar-refractivity contribution in [3.05, 3.63) is 45.6 Å². The minimum absolute atomic E-state index is 0.0155. The summed E-state index contributed by atoms with van der Waals surface area (Å²) in [6.07, 6.45) is 4.90. The molecule has 9 nitrogen and oxygen atoms in total. The number of hydrogen-bond donors (Lipinski definition) is 2. The van der Waals surface area contributed by atoms with Crippen molar-refractivity contribution in [1.29, 1.82) is 0 Å². The molecule has 1 atom stereocenters. The molecule has 9 heteroatoms. The number of nitrogens with one attached hydrogen (secondary N) is 2. The van der Waals surface area contributed by atoms with Crippen LogP contribution in [0, 0.1) is 6.92 Å². The number of hydrogen-bond acceptors (Lipinski definition) is 5. The molecule has 1 aromatic carbocycles. The molecular weight excluding hydrogens is 408 g/mol. The quantitative estimate of drug-likeness (QED) is 0.367. The van der Waals surface area contributed by atoms with Gasteiger partial charge in [-0.15, -0.1) is 0 Å². The highest BCUT2D eigenvalue weighted by Crippen LogP contribution is 2.23. The number of aromatic nitrogens is 3. The Bertz CT molecular complexity index is 990. The molecule has 2 aromatic rings. The summed E-state index contributed by atoms with van der Waals surface area (Å²) in [5.74, 6) is 2.54. The van der Waals surface area contributed by atoms with Gasteiger partial charge in [0, 0.05) is 51.6 Å². The molecule has 1 saturated heterocycles. The summed E-state index contributed by atoms with van der Waals surface area (Å²) in [5.41, 5.74) is 2.27. The van der Waals surface area contributed by atoms with Crippen molar-refractivity contribution in [2.24, 2.45) is 4.99 Å². The van der Waals surface area contributed by atoms with E-state index in [9.17, 15) is 4.79 Å². The summed E-state index contributed by atoms with van der Waals surface area (Å²) in [6, 6.07) is 6.26. The van der Waals surface area contributed by atoms with Crippen molar-refractivity contribution in [3.8, 4) is 5.75 Å². The fourth-order valence-electron chi connectivity index (χ4n) is 4.13. The Morgan fingerprint density at radius 2 is 2.25 bits per heavy atom. The maximum Gasteiger partial charge on any atom is 0.345 e. The Hall–Kier alpha value is -2.81. The molecular formula is C23H34N6O3. The van der Waals surface area contributed by atoms with Gasteiger partial charge in [0.25, 0.3) is 0 Å². The number of guanidine groups is 1. The van der Waals surface area contributed by atoms with Crippen molar-refractivity contribution in [1.82, 2.24) is 25.0 Å². The number of nitrogens with zero attached hydrogens (tertiary/aromatic N) is 4. The minimum Gasteiger partial charge on any atom is -0.488 e. The first-order valence-corrected chi connectivity index (χ1v) is 11.6. The van der Waals surface area contributed by atoms with Gasteiger partial charge in [-0.2, -0.15) is 5.10 Å². The first kappa shape index (κ1) is 22.4. The second-order valence-electron chi connectivity index (χ2n) is 8.45. The van der Waals surface area contributed by atoms with E-state index in [0.717, 1.165) is 68.4 Å². The number of benzene rings is 1. The molecule has 0 aliphatic carbocycles. The summed E-state index contributed by atoms with van der Waals surface area (Å²) < 4.78 is 15.0. The summed E-state index contributed by atoms with van der Waals surface area (Å²) in [7, 11) is 1.76. The van der Waals surface area contributed by atoms with Crippen LogP contribution in [-0.2, 0) is 30.8 Å². The number of aliphatic imine (C=N–C) groups is 1. The molecule has 2 aliphatic heterocycles. The maximum absolute atomic E-state index is 12.4. The maximum atomic E-state index is 12.4. The fourth-order valence-corrected chi connectivity index (χ4v) is 4.13. The zero-order valence-corrected chi connectivity index (χ0v) is 19.1. The van der Waals surface area contributed by atoms with Crippen molar-refractivity contribution in [3.63, 3.8) is 0 Å². The van der Waals surface area contributed by atoms with Gasteiger partial charge in [-0.1, -0.05) is 12.1 Å². The van der Waals surface area contributed by atoms with Gasteiger partial charge in [0.15, 0.2) is 5.96 Å². The molecule has 0 radical (unpaired) electrons. The molecule has 1 aromatic heterocycles. The lowest BCUT2D eigenvalue weighted by Crippen LogP contribution is -2.38. The molecule has 0 bridgehead atoms. The Morgan fingerprint density at radius 1 is 1.34 bits per heavy atom. The molecule has 174 valence electrons. The number of aryl methyl sites for hydroxylation is 3. The van der Waals surface area contributed by atoms with E-state index in [1.165, 1.54) is 5.56 Å². The van der Waals surface area contributed by atoms with Crippen molar-refractivity contribution >= 4 is 5.96 Å². The molecule has 32 heavy (non-hydrogen) atoms. The van der Waals surface area contributed by atoms with E-state index in [0.29, 0.717) is 26.2 Å². The first-order chi connectivity index (χ1) is 15.6. The van der Waals surface area contributed by atoms with Crippen LogP contribution in [-0.4, -0.2) is 53.2 Å². The van der Waals surface area contributed by atoms with E-state index < -0.39 is 0 Å². The zero-order chi connectivity index (χ0) is 22.3. The van der Waals surface area contributed by atoms with E-state index in [-0.39, 0.29) is 11.8 Å². The Kier molecular flexibility index (Phi) is 7.47. The smallest absolute Gasteiger partial charge is 0.345 e. The molecule has 0 amide bonds. The standard InChI is InChI=1S/C23H34N6O3/c1-17-7-8-18(20(14-17)32-19-9-13-31-16-19)15-26-22(24-2)25-10-5-12-29-23(30)28-11-4-3-6-21(28)27-29/h7-8,14,19H,3-6,9-13,15-16H2,1-2H3,(H2,24,25,26). The Labute approximate surface area is 188 Å². The van der Waals surface area contributed by atoms with Crippen LogP contribution in [0.15, 0.2) is 28.0 Å². The van der Waals surface area contributed by atoms with Gasteiger partial charge in [0.1, 0.15) is 17.7 Å². The largest absolute Gasteiger partial charge is 0.488 e. The van der Waals surface area contributed by atoms with Crippen LogP contribution < -0.4 is 21.1 Å². The van der Waals surface area contributed by atoms with Crippen LogP contribution in [0.5, 0.6) is 5.75 Å². The molecule has 0 saturated carbocycles. The predicted molar refractivity (Wildman–Crippen MR) is 123 cm³/mol. The predicted octanol–water partition coefficient (Wildman–Crippen LogP) is 1.61. The topological polar surface area (TPSA) is 94.7 Å². The van der Waals surface area contributed by atoms with Crippen LogP contribution in [0.4, 0.5) is 0 Å². The van der Waals surface area contributed by atoms with Crippen molar-refractivity contribution in [2.75, 3.05) is 26.8 Å². The van der Waals surface area contributed by atoms with Gasteiger partial charge in [0.05, 0.1) is 13.2 Å². The average Bonchev–Trinajstić information content (AvgIpc) is 3.42. The van der Waals surface area contributed by atoms with Crippen LogP contribution in [0.3, 0.4) is 0 Å². The van der Waals surface area contributed by atoms with E-state index in [1.807, 2.05) is 4.57 Å². The molecule has 3 heterocycles. The summed E-state index contributed by atoms with van der Waals surface area (Å²) in [5, 5.41) is 11.2. The third kappa shape index (κ3) is 5.51. The van der Waals surface area contributed by atoms with E-state index in [1.54, 1.807) is 11.7 Å². The summed E-state index contributed by atoms with van der Waals surface area (Å²) >= 11 is 0. The van der Waals surface area contributed by atoms with E-state index in [2.05, 4.69) is 45.8 Å². The Balaban J connectivity index is 1.26. The van der Waals surface area contributed by atoms with Crippen molar-refractivity contribution in [2.45, 2.75) is 64.8 Å². The third-order valence-electron chi connectivity index (χ3n) is 5.94. The highest BCUT2D eigenvalue weighted by molar-refractivity contribution is 5.79. The molecule has 2 aliphatic rings. The van der Waals surface area contributed by atoms with Gasteiger partial charge >= 0.3 is 5.69 Å². The number of fused-ring (bicyclic) bond motifs is 1. The Morgan fingerprint density at radius 3 is 3.03 bits per heavy atom. The normalized spacial score (nSPS) is 18.4. The number of ether oxygens (including phenoxy) is 2. The second-order valence-corrected chi connectivity index (χ2v) is 8.45. The third-order valence-corrected chi connectivity index (χ3v) is 5.94. The average molecular weight is 443 g/mol. The highest BCUT2D eigenvalue weighted by atomic mass is 16.5. The van der Waals surface area contributed by atoms with Gasteiger partial charge in [-0.3, -0.25) is 9.56 Å². The zero-order valence-electron chi connectivity index (χ0n) is 19.1. The summed E-state index contributed by atoms with van der Waals surface area (Å²) in [6.45, 7) is 6.17. The minimum atomic E-state index is 0.0155. The highest BCUT2D eigenvalue weighted by Gasteiger charge is 2.19. The molecule has 2 N–H and O–H groups in total.